The molecule has 0 fully saturated rings. The number of hydrogen-bond donors (Lipinski definition) is 0. The molecule has 0 aliphatic carbocycles. The van der Waals surface area contributed by atoms with Gasteiger partial charge >= 0.3 is 0 Å². The van der Waals surface area contributed by atoms with E-state index in [1.165, 1.54) is 32.5 Å². The SMILES string of the molecule is [2H]C([2H])(c1cc2c3c(c1)N(c1ccc(-c4ccccc4)cc1)c1cc(-n4c5ccccc5c5ccccc54)ccc1B3c1ccc(-n3c4ccccc4c4ccccc43)cc1N2c1ccc(-c2ccccc2)cc1)C(C)(C)C. The van der Waals surface area contributed by atoms with Gasteiger partial charge in [-0.1, -0.05) is 191 Å². The molecule has 76 heavy (non-hydrogen) atoms. The van der Waals surface area contributed by atoms with E-state index in [1.54, 1.807) is 0 Å². The third-order valence-corrected chi connectivity index (χ3v) is 15.7. The number of aromatic nitrogens is 2. The van der Waals surface area contributed by atoms with Crippen LogP contribution in [0, 0.1) is 5.41 Å². The summed E-state index contributed by atoms with van der Waals surface area (Å²) >= 11 is 0. The van der Waals surface area contributed by atoms with Crippen LogP contribution >= 0.6 is 0 Å². The van der Waals surface area contributed by atoms with Gasteiger partial charge in [-0.15, -0.1) is 0 Å². The summed E-state index contributed by atoms with van der Waals surface area (Å²) in [6.45, 7) is 5.83. The van der Waals surface area contributed by atoms with E-state index in [4.69, 9.17) is 0 Å². The van der Waals surface area contributed by atoms with Crippen LogP contribution in [0.4, 0.5) is 34.1 Å². The third kappa shape index (κ3) is 6.99. The number of hydrogen-bond acceptors (Lipinski definition) is 2. The highest BCUT2D eigenvalue weighted by molar-refractivity contribution is 7.00. The number of rotatable bonds is 7. The fraction of sp³-hybridized carbons (Fsp3) is 0.0704. The maximum absolute atomic E-state index is 10.1. The molecule has 0 atom stereocenters. The van der Waals surface area contributed by atoms with Gasteiger partial charge in [-0.2, -0.15) is 0 Å². The molecule has 2 aliphatic rings. The maximum Gasteiger partial charge on any atom is 0.252 e. The summed E-state index contributed by atoms with van der Waals surface area (Å²) in [7, 11) is 0. The number of anilines is 6. The summed E-state index contributed by atoms with van der Waals surface area (Å²) in [4.78, 5) is 4.85. The molecule has 2 aromatic heterocycles. The van der Waals surface area contributed by atoms with E-state index < -0.39 is 11.8 Å². The minimum absolute atomic E-state index is 0.214. The van der Waals surface area contributed by atoms with Crippen molar-refractivity contribution in [2.24, 2.45) is 5.41 Å². The predicted molar refractivity (Wildman–Crippen MR) is 323 cm³/mol. The Balaban J connectivity index is 1.04. The largest absolute Gasteiger partial charge is 0.311 e. The van der Waals surface area contributed by atoms with E-state index in [1.807, 2.05) is 20.8 Å². The quantitative estimate of drug-likeness (QED) is 0.148. The second kappa shape index (κ2) is 17.1. The molecule has 2 aliphatic heterocycles. The van der Waals surface area contributed by atoms with Crippen LogP contribution in [0.2, 0.25) is 0 Å². The van der Waals surface area contributed by atoms with Crippen molar-refractivity contribution in [3.8, 4) is 33.6 Å². The summed E-state index contributed by atoms with van der Waals surface area (Å²) in [6, 6.07) is 92.3. The van der Waals surface area contributed by atoms with Gasteiger partial charge in [0.2, 0.25) is 0 Å². The summed E-state index contributed by atoms with van der Waals surface area (Å²) in [6.07, 6.45) is -1.74. The van der Waals surface area contributed by atoms with Crippen LogP contribution < -0.4 is 26.2 Å². The highest BCUT2D eigenvalue weighted by Gasteiger charge is 2.44. The smallest absolute Gasteiger partial charge is 0.252 e. The second-order valence-electron chi connectivity index (χ2n) is 21.5. The normalized spacial score (nSPS) is 13.5. The Bertz CT molecular complexity index is 4140. The molecule has 0 saturated carbocycles. The molecule has 0 unspecified atom stereocenters. The number of nitrogens with zero attached hydrogens (tertiary/aromatic N) is 4. The number of fused-ring (bicyclic) bond motifs is 10. The average Bonchev–Trinajstić information content (AvgIpc) is 3.03. The van der Waals surface area contributed by atoms with Crippen molar-refractivity contribution in [2.75, 3.05) is 9.80 Å². The minimum Gasteiger partial charge on any atom is -0.311 e. The summed E-state index contributed by atoms with van der Waals surface area (Å²) < 4.78 is 25.1. The fourth-order valence-corrected chi connectivity index (χ4v) is 12.6. The molecule has 15 rings (SSSR count). The van der Waals surface area contributed by atoms with Gasteiger partial charge in [0.05, 0.1) is 22.1 Å². The van der Waals surface area contributed by atoms with Gasteiger partial charge in [-0.05, 0) is 141 Å². The Labute approximate surface area is 446 Å². The van der Waals surface area contributed by atoms with Gasteiger partial charge in [0.25, 0.3) is 6.71 Å². The lowest BCUT2D eigenvalue weighted by atomic mass is 9.33. The number of benzene rings is 11. The van der Waals surface area contributed by atoms with Crippen molar-refractivity contribution in [2.45, 2.75) is 27.1 Å². The average molecular weight is 975 g/mol. The van der Waals surface area contributed by atoms with Crippen LogP contribution in [0.25, 0.3) is 77.2 Å². The van der Waals surface area contributed by atoms with Gasteiger partial charge in [0, 0.05) is 69.8 Å². The molecule has 0 radical (unpaired) electrons. The van der Waals surface area contributed by atoms with Crippen molar-refractivity contribution in [1.29, 1.82) is 0 Å². The molecule has 4 heterocycles. The summed E-state index contributed by atoms with van der Waals surface area (Å²) in [5, 5.41) is 4.83. The zero-order valence-corrected chi connectivity index (χ0v) is 42.6. The molecule has 11 aromatic carbocycles. The van der Waals surface area contributed by atoms with Gasteiger partial charge in [0.1, 0.15) is 0 Å². The van der Waals surface area contributed by atoms with E-state index in [-0.39, 0.29) is 6.71 Å². The zero-order valence-electron chi connectivity index (χ0n) is 44.6. The molecular formula is C71H53BN4. The predicted octanol–water partition coefficient (Wildman–Crippen LogP) is 16.9. The van der Waals surface area contributed by atoms with Crippen LogP contribution in [0.3, 0.4) is 0 Å². The lowest BCUT2D eigenvalue weighted by Gasteiger charge is -2.45. The monoisotopic (exact) mass is 974 g/mol. The second-order valence-corrected chi connectivity index (χ2v) is 21.5. The topological polar surface area (TPSA) is 16.3 Å². The first-order valence-electron chi connectivity index (χ1n) is 27.5. The lowest BCUT2D eigenvalue weighted by Crippen LogP contribution is -2.61. The summed E-state index contributed by atoms with van der Waals surface area (Å²) in [5.74, 6) is 0. The molecule has 0 N–H and O–H groups in total. The van der Waals surface area contributed by atoms with E-state index in [2.05, 4.69) is 274 Å². The van der Waals surface area contributed by atoms with Gasteiger partial charge in [-0.3, -0.25) is 0 Å². The van der Waals surface area contributed by atoms with Crippen LogP contribution in [-0.4, -0.2) is 15.8 Å². The maximum atomic E-state index is 10.1. The molecule has 0 spiro atoms. The van der Waals surface area contributed by atoms with E-state index in [9.17, 15) is 2.74 Å². The molecule has 13 aromatic rings. The first-order chi connectivity index (χ1) is 38.1. The van der Waals surface area contributed by atoms with Crippen LogP contribution in [0.15, 0.2) is 255 Å². The molecule has 360 valence electrons. The first kappa shape index (κ1) is 42.1. The number of para-hydroxylation sites is 4. The molecule has 0 bridgehead atoms. The Morgan fingerprint density at radius 1 is 0.342 bits per heavy atom. The highest BCUT2D eigenvalue weighted by atomic mass is 15.2. The van der Waals surface area contributed by atoms with Crippen molar-refractivity contribution in [1.82, 2.24) is 9.13 Å². The van der Waals surface area contributed by atoms with Gasteiger partial charge in [-0.25, -0.2) is 0 Å². The Hall–Kier alpha value is -9.32. The van der Waals surface area contributed by atoms with Crippen LogP contribution in [-0.2, 0) is 6.37 Å². The standard InChI is InChI=1S/C71H53BN4/c1-71(2,3)46-47-42-68-70-69(43-47)74(53-36-32-51(33-37-53)49-20-8-5-9-21-49)67-45-55(76-64-28-16-12-24-58(64)59-25-13-17-29-65(59)76)39-41-61(67)72(70)60-40-38-54(75-62-26-14-10-22-56(62)57-23-11-15-27-63(57)75)44-66(60)73(68)52-34-30-50(31-35-52)48-18-6-4-7-19-48/h4-45H,46H2,1-3H3/i46D2. The van der Waals surface area contributed by atoms with E-state index in [0.29, 0.717) is 5.56 Å². The molecule has 0 amide bonds. The third-order valence-electron chi connectivity index (χ3n) is 15.7. The van der Waals surface area contributed by atoms with Gasteiger partial charge < -0.3 is 18.9 Å². The van der Waals surface area contributed by atoms with Crippen LogP contribution in [0.5, 0.6) is 0 Å². The van der Waals surface area contributed by atoms with Crippen molar-refractivity contribution in [3.05, 3.63) is 260 Å². The first-order valence-corrected chi connectivity index (χ1v) is 26.5. The minimum atomic E-state index is -1.74. The van der Waals surface area contributed by atoms with Crippen molar-refractivity contribution in [3.63, 3.8) is 0 Å². The zero-order chi connectivity index (χ0) is 52.4. The van der Waals surface area contributed by atoms with E-state index >= 15 is 0 Å². The molecular weight excluding hydrogens is 920 g/mol. The Morgan fingerprint density at radius 2 is 0.671 bits per heavy atom. The highest BCUT2D eigenvalue weighted by Crippen LogP contribution is 2.47. The van der Waals surface area contributed by atoms with Crippen LogP contribution in [0.1, 0.15) is 29.1 Å². The van der Waals surface area contributed by atoms with E-state index in [0.717, 1.165) is 95.3 Å². The lowest BCUT2D eigenvalue weighted by molar-refractivity contribution is 0.411. The molecule has 5 heteroatoms. The molecule has 0 saturated heterocycles. The molecule has 4 nitrogen and oxygen atoms in total. The fourth-order valence-electron chi connectivity index (χ4n) is 12.6. The van der Waals surface area contributed by atoms with Crippen molar-refractivity contribution >= 4 is 101 Å². The Morgan fingerprint density at radius 3 is 1.04 bits per heavy atom. The summed E-state index contributed by atoms with van der Waals surface area (Å²) in [5.41, 5.74) is 20.7. The Kier molecular flexibility index (Phi) is 9.48. The van der Waals surface area contributed by atoms with Gasteiger partial charge in [0.15, 0.2) is 0 Å². The van der Waals surface area contributed by atoms with Crippen molar-refractivity contribution < 1.29 is 2.74 Å².